The summed E-state index contributed by atoms with van der Waals surface area (Å²) in [5.41, 5.74) is 11.7. The van der Waals surface area contributed by atoms with Crippen LogP contribution in [0.3, 0.4) is 0 Å². The number of allylic oxidation sites excluding steroid dienone is 2. The Morgan fingerprint density at radius 3 is 1.28 bits per heavy atom. The largest absolute Gasteiger partial charge is 0.438 e. The van der Waals surface area contributed by atoms with Crippen molar-refractivity contribution in [1.29, 1.82) is 0 Å². The van der Waals surface area contributed by atoms with Crippen molar-refractivity contribution in [2.75, 3.05) is 0 Å². The zero-order valence-corrected chi connectivity index (χ0v) is 83.0. The van der Waals surface area contributed by atoms with Crippen LogP contribution in [-0.4, -0.2) is 64.3 Å². The van der Waals surface area contributed by atoms with Gasteiger partial charge in [-0.2, -0.15) is 18.9 Å². The highest BCUT2D eigenvalue weighted by Crippen LogP contribution is 2.35. The second-order valence-corrected chi connectivity index (χ2v) is 43.2. The molecule has 21 heteroatoms. The molecule has 654 valence electrons. The summed E-state index contributed by atoms with van der Waals surface area (Å²) in [6.45, 7) is 69.8. The van der Waals surface area contributed by atoms with E-state index in [1.165, 1.54) is 49.7 Å². The first-order valence-corrected chi connectivity index (χ1v) is 43.2. The van der Waals surface area contributed by atoms with Gasteiger partial charge < -0.3 is 17.9 Å². The van der Waals surface area contributed by atoms with Gasteiger partial charge in [0, 0.05) is 109 Å². The Balaban J connectivity index is 0.000000677. The maximum absolute atomic E-state index is 11.0. The van der Waals surface area contributed by atoms with Crippen molar-refractivity contribution in [1.82, 2.24) is 58.6 Å². The zero-order valence-electron chi connectivity index (χ0n) is 79.7. The standard InChI is InChI=1S/2C10H14N2.C10H16O.4C9H11NO.4C9H11NS/c1-6-9-8(10(2,3)4)7-12(5)11-9;1-6-8-7-9(10(2,3)4)12(5)11-8;1-10(2,3)8-5-4-6-9(11)7-8;1-5-8-10-7(6-11-8)9(2,3)4;1-5-8-10-6-7(11-8)9(2,3)4;1-5-8-7(6-11-10-8)9(2,3)4;1-5-7-6-8(11-10-7)9(2,3)4;1-5-8-10-7(6-11-8)9(2,3)4;1-5-8-10-6-7(11-8)9(2,3)4;1-5-8-7(6-11-10-8)9(2,3)4;1-5-7-6-8(11-10-7)9(2,3)4/h2*1,7H,2-5H3;4,6,8H,5,7H2,1-3H3;8*1,6H,2-4H3. The number of hydrogen-bond donors (Lipinski definition) is 0. The third-order valence-electron chi connectivity index (χ3n) is 17.3. The molecular weight excluding hydrogens is 1600 g/mol. The number of hydrogen-bond acceptors (Lipinski definition) is 19. The number of nitrogens with zero attached hydrogens (tertiary/aromatic N) is 12. The van der Waals surface area contributed by atoms with Gasteiger partial charge in [-0.1, -0.05) is 245 Å². The molecule has 0 spiro atoms. The predicted octanol–water partition coefficient (Wildman–Crippen LogP) is 23.5. The van der Waals surface area contributed by atoms with E-state index in [2.05, 4.69) is 295 Å². The molecule has 1 unspecified atom stereocenters. The number of ketones is 1. The molecule has 0 aliphatic heterocycles. The lowest BCUT2D eigenvalue weighted by atomic mass is 9.74. The fourth-order valence-corrected chi connectivity index (χ4v) is 12.9. The number of carbonyl (C=O) groups is 1. The zero-order chi connectivity index (χ0) is 95.1. The summed E-state index contributed by atoms with van der Waals surface area (Å²) in [6.07, 6.45) is 66.3. The average Bonchev–Trinajstić information content (AvgIpc) is 1.73. The molecule has 1 atom stereocenters. The van der Waals surface area contributed by atoms with Gasteiger partial charge in [0.25, 0.3) is 11.8 Å². The van der Waals surface area contributed by atoms with Crippen LogP contribution < -0.4 is 0 Å². The molecule has 10 heterocycles. The second kappa shape index (κ2) is 46.9. The number of thiazole rings is 2. The Bertz CT molecular complexity index is 4920. The third-order valence-corrected chi connectivity index (χ3v) is 21.3. The third kappa shape index (κ3) is 39.2. The Morgan fingerprint density at radius 2 is 0.984 bits per heavy atom. The van der Waals surface area contributed by atoms with E-state index in [0.717, 1.165) is 79.7 Å². The molecule has 0 saturated carbocycles. The molecule has 10 aromatic rings. The number of carbonyl (C=O) groups excluding carboxylic acids is 1. The van der Waals surface area contributed by atoms with Crippen molar-refractivity contribution in [2.24, 2.45) is 25.4 Å². The summed E-state index contributed by atoms with van der Waals surface area (Å²) in [5.74, 6) is 28.0. The molecule has 0 bridgehead atoms. The topological polar surface area (TPSA) is 208 Å². The van der Waals surface area contributed by atoms with E-state index in [9.17, 15) is 4.79 Å². The maximum Gasteiger partial charge on any atom is 0.273 e. The van der Waals surface area contributed by atoms with Gasteiger partial charge in [0.05, 0.1) is 17.6 Å². The molecule has 0 fully saturated rings. The van der Waals surface area contributed by atoms with Crippen LogP contribution in [0.15, 0.2) is 90.1 Å². The van der Waals surface area contributed by atoms with E-state index < -0.39 is 0 Å². The van der Waals surface area contributed by atoms with Gasteiger partial charge in [0.2, 0.25) is 0 Å². The van der Waals surface area contributed by atoms with E-state index in [4.69, 9.17) is 82.1 Å². The van der Waals surface area contributed by atoms with Gasteiger partial charge in [0.15, 0.2) is 27.2 Å². The van der Waals surface area contributed by atoms with Crippen molar-refractivity contribution in [3.63, 3.8) is 0 Å². The molecule has 10 aromatic heterocycles. The summed E-state index contributed by atoms with van der Waals surface area (Å²) in [6, 6.07) is 5.73. The van der Waals surface area contributed by atoms with Crippen LogP contribution >= 0.6 is 45.7 Å². The number of aryl methyl sites for hydroxylation is 2. The second-order valence-electron chi connectivity index (χ2n) is 39.9. The lowest BCUT2D eigenvalue weighted by Gasteiger charge is -2.30. The van der Waals surface area contributed by atoms with Crippen molar-refractivity contribution in [2.45, 2.75) is 295 Å². The molecule has 0 N–H and O–H groups in total. The molecule has 0 aromatic carbocycles. The highest BCUT2D eigenvalue weighted by Gasteiger charge is 2.29. The first-order chi connectivity index (χ1) is 56.2. The quantitative estimate of drug-likeness (QED) is 0.129. The molecular formula is C102H132N12O5S4. The number of rotatable bonds is 0. The van der Waals surface area contributed by atoms with Gasteiger partial charge in [-0.25, -0.2) is 19.9 Å². The normalized spacial score (nSPS) is 12.4. The summed E-state index contributed by atoms with van der Waals surface area (Å²) in [4.78, 5) is 29.9. The highest BCUT2D eigenvalue weighted by atomic mass is 32.1. The average molecular weight is 1730 g/mol. The summed E-state index contributed by atoms with van der Waals surface area (Å²) in [7, 11) is 3.80. The molecule has 0 radical (unpaired) electrons. The van der Waals surface area contributed by atoms with Crippen LogP contribution in [0.2, 0.25) is 0 Å². The molecule has 17 nitrogen and oxygen atoms in total. The minimum Gasteiger partial charge on any atom is -0.438 e. The number of terminal acetylenes is 10. The van der Waals surface area contributed by atoms with Gasteiger partial charge in [-0.15, -0.1) is 86.9 Å². The van der Waals surface area contributed by atoms with Crippen LogP contribution in [-0.2, 0) is 73.0 Å². The van der Waals surface area contributed by atoms with Crippen molar-refractivity contribution >= 4 is 51.5 Å². The first kappa shape index (κ1) is 110. The van der Waals surface area contributed by atoms with E-state index in [1.54, 1.807) is 46.9 Å². The van der Waals surface area contributed by atoms with E-state index in [-0.39, 0.29) is 65.3 Å². The Hall–Kier alpha value is -11.2. The van der Waals surface area contributed by atoms with Crippen molar-refractivity contribution < 1.29 is 22.7 Å². The van der Waals surface area contributed by atoms with Gasteiger partial charge in [-0.3, -0.25) is 14.2 Å². The monoisotopic (exact) mass is 1730 g/mol. The smallest absolute Gasteiger partial charge is 0.273 e. The fourth-order valence-electron chi connectivity index (χ4n) is 9.68. The molecule has 123 heavy (non-hydrogen) atoms. The lowest BCUT2D eigenvalue weighted by molar-refractivity contribution is -0.116. The minimum atomic E-state index is -0.0118. The van der Waals surface area contributed by atoms with Crippen LogP contribution in [0.1, 0.15) is 352 Å². The van der Waals surface area contributed by atoms with Crippen LogP contribution in [0.25, 0.3) is 0 Å². The molecule has 1 aliphatic carbocycles. The maximum atomic E-state index is 11.0. The Kier molecular flexibility index (Phi) is 41.8. The Labute approximate surface area is 755 Å². The molecule has 0 amide bonds. The molecule has 1 aliphatic rings. The van der Waals surface area contributed by atoms with Gasteiger partial charge in [0.1, 0.15) is 46.8 Å². The van der Waals surface area contributed by atoms with Gasteiger partial charge in [-0.05, 0) is 145 Å². The van der Waals surface area contributed by atoms with Crippen LogP contribution in [0.5, 0.6) is 0 Å². The van der Waals surface area contributed by atoms with E-state index >= 15 is 0 Å². The SMILES string of the molecule is C#Cc1cc(C(C)(C)C)n(C)n1.C#Cc1cc(C(C)(C)C)on1.C#Cc1cc(C(C)(C)C)sn1.C#Cc1nc(C(C)(C)C)co1.C#Cc1nc(C(C)(C)C)cs1.C#Cc1ncc(C(C)(C)C)o1.C#Cc1ncc(C(C)(C)C)s1.C#Cc1nn(C)cc1C(C)(C)C.C#Cc1nocc1C(C)(C)C.C#Cc1nscc1C(C)(C)C.CC(C)(C)C1CC=CC(=O)C1. The Morgan fingerprint density at radius 1 is 0.447 bits per heavy atom. The number of oxazole rings is 2. The number of aromatic nitrogens is 12. The first-order valence-electron chi connectivity index (χ1n) is 39.9. The lowest BCUT2D eigenvalue weighted by Crippen LogP contribution is -2.24. The van der Waals surface area contributed by atoms with Crippen LogP contribution in [0.4, 0.5) is 0 Å². The minimum absolute atomic E-state index is 0.0118. The van der Waals surface area contributed by atoms with Crippen molar-refractivity contribution in [3.05, 3.63) is 183 Å². The predicted molar refractivity (Wildman–Crippen MR) is 514 cm³/mol. The summed E-state index contributed by atoms with van der Waals surface area (Å²) >= 11 is 6.04. The fraction of sp³-hybridized carbons (Fsp3) is 0.480. The van der Waals surface area contributed by atoms with E-state index in [1.807, 2.05) is 102 Å². The highest BCUT2D eigenvalue weighted by molar-refractivity contribution is 7.12. The van der Waals surface area contributed by atoms with Crippen LogP contribution in [0, 0.1) is 135 Å². The summed E-state index contributed by atoms with van der Waals surface area (Å²) in [5, 5.41) is 21.3. The van der Waals surface area contributed by atoms with Gasteiger partial charge >= 0.3 is 0 Å². The van der Waals surface area contributed by atoms with Crippen molar-refractivity contribution in [3.8, 4) is 123 Å². The molecule has 0 saturated heterocycles. The summed E-state index contributed by atoms with van der Waals surface area (Å²) < 4.78 is 31.9. The van der Waals surface area contributed by atoms with E-state index in [0.29, 0.717) is 34.8 Å². The molecule has 11 rings (SSSR count).